The minimum atomic E-state index is -0.342. The summed E-state index contributed by atoms with van der Waals surface area (Å²) < 4.78 is 5.68. The summed E-state index contributed by atoms with van der Waals surface area (Å²) in [7, 11) is -0.342. The van der Waals surface area contributed by atoms with Crippen LogP contribution in [0.3, 0.4) is 0 Å². The number of rotatable bonds is 6. The molecule has 0 bridgehead atoms. The van der Waals surface area contributed by atoms with Crippen LogP contribution in [0.2, 0.25) is 0 Å². The van der Waals surface area contributed by atoms with Crippen LogP contribution in [0.5, 0.6) is 0 Å². The van der Waals surface area contributed by atoms with Crippen LogP contribution in [-0.4, -0.2) is 19.4 Å². The van der Waals surface area contributed by atoms with E-state index in [1.165, 1.54) is 23.2 Å². The third-order valence-corrected chi connectivity index (χ3v) is 7.77. The summed E-state index contributed by atoms with van der Waals surface area (Å²) in [5.74, 6) is 0.581. The second-order valence-electron chi connectivity index (χ2n) is 6.89. The van der Waals surface area contributed by atoms with Crippen LogP contribution in [0.4, 0.5) is 0 Å². The number of hydrogen-bond acceptors (Lipinski definition) is 1. The molecule has 2 aromatic rings. The molecule has 0 unspecified atom stereocenters. The summed E-state index contributed by atoms with van der Waals surface area (Å²) in [6.45, 7) is 1.81. The quantitative estimate of drug-likeness (QED) is 0.717. The van der Waals surface area contributed by atoms with Gasteiger partial charge in [0, 0.05) is 5.41 Å². The molecular formula is C22H23OP. The first-order chi connectivity index (χ1) is 11.8. The van der Waals surface area contributed by atoms with Gasteiger partial charge in [0.2, 0.25) is 0 Å². The van der Waals surface area contributed by atoms with Gasteiger partial charge < -0.3 is 4.74 Å². The molecule has 0 saturated carbocycles. The van der Waals surface area contributed by atoms with Crippen molar-refractivity contribution >= 4 is 18.5 Å². The second-order valence-corrected chi connectivity index (χ2v) is 9.09. The molecule has 2 aromatic carbocycles. The minimum Gasteiger partial charge on any atom is -0.380 e. The average Bonchev–Trinajstić information content (AvgIpc) is 3.11. The van der Waals surface area contributed by atoms with Crippen molar-refractivity contribution in [1.82, 2.24) is 0 Å². The van der Waals surface area contributed by atoms with Crippen LogP contribution in [0.15, 0.2) is 85.0 Å². The Bertz CT molecular complexity index is 665. The van der Waals surface area contributed by atoms with E-state index in [1.54, 1.807) is 0 Å². The zero-order valence-corrected chi connectivity index (χ0v) is 14.7. The van der Waals surface area contributed by atoms with Gasteiger partial charge in [0.15, 0.2) is 0 Å². The molecule has 1 heterocycles. The van der Waals surface area contributed by atoms with Crippen LogP contribution in [0.1, 0.15) is 6.42 Å². The monoisotopic (exact) mass is 334 g/mol. The molecule has 0 amide bonds. The third-order valence-electron chi connectivity index (χ3n) is 4.94. The minimum absolute atomic E-state index is 0.321. The first kappa shape index (κ1) is 15.8. The molecule has 1 aliphatic carbocycles. The van der Waals surface area contributed by atoms with E-state index in [-0.39, 0.29) is 7.92 Å². The second kappa shape index (κ2) is 7.05. The Balaban J connectivity index is 1.61. The van der Waals surface area contributed by atoms with Crippen LogP contribution in [-0.2, 0) is 4.74 Å². The zero-order chi connectivity index (χ0) is 16.2. The van der Waals surface area contributed by atoms with Gasteiger partial charge in [0.1, 0.15) is 0 Å². The molecule has 2 aliphatic rings. The lowest BCUT2D eigenvalue weighted by atomic mass is 9.79. The Morgan fingerprint density at radius 1 is 0.833 bits per heavy atom. The summed E-state index contributed by atoms with van der Waals surface area (Å²) in [5, 5.41) is 2.95. The number of benzene rings is 2. The molecule has 1 fully saturated rings. The fourth-order valence-corrected chi connectivity index (χ4v) is 6.37. The van der Waals surface area contributed by atoms with E-state index in [0.717, 1.165) is 13.2 Å². The molecule has 0 spiro atoms. The molecule has 1 aliphatic heterocycles. The Hall–Kier alpha value is -1.69. The highest BCUT2D eigenvalue weighted by molar-refractivity contribution is 7.73. The topological polar surface area (TPSA) is 9.23 Å². The third kappa shape index (κ3) is 3.38. The van der Waals surface area contributed by atoms with Crippen molar-refractivity contribution in [3.8, 4) is 0 Å². The molecule has 1 nitrogen and oxygen atoms in total. The van der Waals surface area contributed by atoms with E-state index >= 15 is 0 Å². The first-order valence-electron chi connectivity index (χ1n) is 8.65. The van der Waals surface area contributed by atoms with Gasteiger partial charge in [-0.3, -0.25) is 0 Å². The lowest BCUT2D eigenvalue weighted by molar-refractivity contribution is -0.105. The predicted octanol–water partition coefficient (Wildman–Crippen LogP) is 4.27. The van der Waals surface area contributed by atoms with Crippen molar-refractivity contribution in [3.05, 3.63) is 85.0 Å². The van der Waals surface area contributed by atoms with E-state index in [4.69, 9.17) is 4.74 Å². The van der Waals surface area contributed by atoms with E-state index in [9.17, 15) is 0 Å². The summed E-state index contributed by atoms with van der Waals surface area (Å²) in [6, 6.07) is 22.1. The van der Waals surface area contributed by atoms with E-state index < -0.39 is 0 Å². The van der Waals surface area contributed by atoms with Crippen LogP contribution in [0.25, 0.3) is 0 Å². The summed E-state index contributed by atoms with van der Waals surface area (Å²) >= 11 is 0. The number of hydrogen-bond donors (Lipinski definition) is 0. The highest BCUT2D eigenvalue weighted by Crippen LogP contribution is 2.47. The molecule has 1 saturated heterocycles. The number of ether oxygens (including phenoxy) is 1. The highest BCUT2D eigenvalue weighted by atomic mass is 31.1. The van der Waals surface area contributed by atoms with Crippen molar-refractivity contribution in [2.24, 2.45) is 11.3 Å². The van der Waals surface area contributed by atoms with Crippen molar-refractivity contribution < 1.29 is 4.74 Å². The normalized spacial score (nSPS) is 18.9. The SMILES string of the molecule is C1=CC(CC2(CP(c3ccccc3)c3ccccc3)COC2)C=C1. The molecule has 0 radical (unpaired) electrons. The fourth-order valence-electron chi connectivity index (χ4n) is 3.66. The number of allylic oxidation sites excluding steroid dienone is 4. The lowest BCUT2D eigenvalue weighted by Crippen LogP contribution is -2.47. The van der Waals surface area contributed by atoms with Gasteiger partial charge in [0.05, 0.1) is 13.2 Å². The highest BCUT2D eigenvalue weighted by Gasteiger charge is 2.42. The zero-order valence-electron chi connectivity index (χ0n) is 13.8. The Kier molecular flexibility index (Phi) is 4.65. The summed E-state index contributed by atoms with van der Waals surface area (Å²) in [4.78, 5) is 0. The van der Waals surface area contributed by atoms with Crippen molar-refractivity contribution in [2.45, 2.75) is 6.42 Å². The summed E-state index contributed by atoms with van der Waals surface area (Å²) in [5.41, 5.74) is 0.321. The molecule has 0 aromatic heterocycles. The molecule has 0 atom stereocenters. The van der Waals surface area contributed by atoms with Crippen LogP contribution in [0, 0.1) is 11.3 Å². The van der Waals surface area contributed by atoms with E-state index in [1.807, 2.05) is 0 Å². The molecule has 0 N–H and O–H groups in total. The molecule has 122 valence electrons. The van der Waals surface area contributed by atoms with Crippen LogP contribution >= 0.6 is 7.92 Å². The van der Waals surface area contributed by atoms with Crippen molar-refractivity contribution in [1.29, 1.82) is 0 Å². The standard InChI is InChI=1S/C22H23OP/c1-3-11-20(12-4-1)24(21-13-5-2-6-14-21)18-22(16-23-17-22)15-19-9-7-8-10-19/h1-14,19H,15-18H2. The van der Waals surface area contributed by atoms with Gasteiger partial charge in [-0.15, -0.1) is 0 Å². The Labute approximate surface area is 145 Å². The molecule has 24 heavy (non-hydrogen) atoms. The maximum absolute atomic E-state index is 5.68. The van der Waals surface area contributed by atoms with Gasteiger partial charge >= 0.3 is 0 Å². The molecule has 4 rings (SSSR count). The van der Waals surface area contributed by atoms with Gasteiger partial charge in [-0.05, 0) is 37.0 Å². The van der Waals surface area contributed by atoms with Gasteiger partial charge in [-0.25, -0.2) is 0 Å². The fraction of sp³-hybridized carbons (Fsp3) is 0.273. The molecule has 2 heteroatoms. The van der Waals surface area contributed by atoms with E-state index in [2.05, 4.69) is 85.0 Å². The van der Waals surface area contributed by atoms with Crippen molar-refractivity contribution in [2.75, 3.05) is 19.4 Å². The summed E-state index contributed by atoms with van der Waals surface area (Å²) in [6.07, 6.45) is 11.4. The van der Waals surface area contributed by atoms with Gasteiger partial charge in [0.25, 0.3) is 0 Å². The Morgan fingerprint density at radius 2 is 1.38 bits per heavy atom. The lowest BCUT2D eigenvalue weighted by Gasteiger charge is -2.45. The predicted molar refractivity (Wildman–Crippen MR) is 104 cm³/mol. The maximum Gasteiger partial charge on any atom is 0.0548 e. The maximum atomic E-state index is 5.68. The average molecular weight is 334 g/mol. The van der Waals surface area contributed by atoms with Gasteiger partial charge in [-0.2, -0.15) is 0 Å². The first-order valence-corrected chi connectivity index (χ1v) is 10.2. The smallest absolute Gasteiger partial charge is 0.0548 e. The van der Waals surface area contributed by atoms with Crippen molar-refractivity contribution in [3.63, 3.8) is 0 Å². The largest absolute Gasteiger partial charge is 0.380 e. The Morgan fingerprint density at radius 3 is 1.83 bits per heavy atom. The molecular weight excluding hydrogens is 311 g/mol. The van der Waals surface area contributed by atoms with E-state index in [0.29, 0.717) is 11.3 Å². The van der Waals surface area contributed by atoms with Crippen LogP contribution < -0.4 is 10.6 Å². The van der Waals surface area contributed by atoms with Gasteiger partial charge in [-0.1, -0.05) is 85.0 Å².